The lowest BCUT2D eigenvalue weighted by Gasteiger charge is -2.18. The summed E-state index contributed by atoms with van der Waals surface area (Å²) in [4.78, 5) is 12.6. The molecule has 0 aliphatic heterocycles. The lowest BCUT2D eigenvalue weighted by atomic mass is 10.00. The van der Waals surface area contributed by atoms with Gasteiger partial charge in [0, 0.05) is 11.8 Å². The van der Waals surface area contributed by atoms with Crippen molar-refractivity contribution in [2.45, 2.75) is 26.4 Å². The number of aliphatic hydroxyl groups is 1. The summed E-state index contributed by atoms with van der Waals surface area (Å²) in [6, 6.07) is 0. The first-order chi connectivity index (χ1) is 10.7. The van der Waals surface area contributed by atoms with E-state index in [4.69, 9.17) is 23.2 Å². The lowest BCUT2D eigenvalue weighted by Crippen LogP contribution is -2.16. The molecule has 0 spiro atoms. The molecule has 0 saturated carbocycles. The summed E-state index contributed by atoms with van der Waals surface area (Å²) in [6.07, 6.45) is 2.57. The summed E-state index contributed by atoms with van der Waals surface area (Å²) < 4.78 is 14.7. The standard InChI is InChI=1S/C15H12Cl2FN3OS/c1-6-10-13(9(16)7(4-19-10)15(2,3)22)23-12(6)11-8(18)5-20-14(17)21-11/h4-5,22H,1-3H3. The van der Waals surface area contributed by atoms with E-state index < -0.39 is 11.4 Å². The molecule has 0 aromatic carbocycles. The van der Waals surface area contributed by atoms with Crippen molar-refractivity contribution in [3.05, 3.63) is 39.6 Å². The maximum absolute atomic E-state index is 14.1. The highest BCUT2D eigenvalue weighted by molar-refractivity contribution is 7.23. The Morgan fingerprint density at radius 3 is 2.57 bits per heavy atom. The Bertz CT molecular complexity index is 921. The van der Waals surface area contributed by atoms with E-state index in [2.05, 4.69) is 15.0 Å². The van der Waals surface area contributed by atoms with Gasteiger partial charge in [0.2, 0.25) is 5.28 Å². The zero-order chi connectivity index (χ0) is 16.9. The van der Waals surface area contributed by atoms with Crippen LogP contribution in [0.2, 0.25) is 10.3 Å². The normalized spacial score (nSPS) is 12.1. The van der Waals surface area contributed by atoms with Gasteiger partial charge in [-0.25, -0.2) is 14.4 Å². The van der Waals surface area contributed by atoms with Crippen molar-refractivity contribution in [2.24, 2.45) is 0 Å². The zero-order valence-corrected chi connectivity index (χ0v) is 14.8. The van der Waals surface area contributed by atoms with E-state index in [1.807, 2.05) is 6.92 Å². The molecular weight excluding hydrogens is 360 g/mol. The Hall–Kier alpha value is -1.34. The molecule has 0 radical (unpaired) electrons. The third-order valence-corrected chi connectivity index (χ3v) is 5.45. The molecule has 3 rings (SSSR count). The van der Waals surface area contributed by atoms with Gasteiger partial charge in [-0.3, -0.25) is 4.98 Å². The van der Waals surface area contributed by atoms with Crippen LogP contribution in [-0.4, -0.2) is 20.1 Å². The first-order valence-corrected chi connectivity index (χ1v) is 8.26. The van der Waals surface area contributed by atoms with Crippen molar-refractivity contribution < 1.29 is 9.50 Å². The number of rotatable bonds is 2. The average Bonchev–Trinajstić information content (AvgIpc) is 2.79. The first-order valence-electron chi connectivity index (χ1n) is 6.69. The molecule has 1 N–H and O–H groups in total. The maximum Gasteiger partial charge on any atom is 0.223 e. The number of hydrogen-bond acceptors (Lipinski definition) is 5. The predicted molar refractivity (Wildman–Crippen MR) is 90.6 cm³/mol. The van der Waals surface area contributed by atoms with Crippen LogP contribution in [0, 0.1) is 12.7 Å². The number of aryl methyl sites for hydroxylation is 1. The number of halogens is 3. The van der Waals surface area contributed by atoms with E-state index in [0.717, 1.165) is 11.8 Å². The number of aromatic nitrogens is 3. The smallest absolute Gasteiger partial charge is 0.223 e. The Labute approximate surface area is 145 Å². The molecule has 0 fully saturated rings. The van der Waals surface area contributed by atoms with Crippen LogP contribution < -0.4 is 0 Å². The van der Waals surface area contributed by atoms with Crippen molar-refractivity contribution in [2.75, 3.05) is 0 Å². The molecule has 0 saturated heterocycles. The SMILES string of the molecule is Cc1c(-c2nc(Cl)ncc2F)sc2c(Cl)c(C(C)(C)O)cnc12. The van der Waals surface area contributed by atoms with E-state index in [1.165, 1.54) is 17.5 Å². The first kappa shape index (κ1) is 16.5. The molecule has 0 aliphatic rings. The van der Waals surface area contributed by atoms with E-state index in [9.17, 15) is 9.50 Å². The molecule has 23 heavy (non-hydrogen) atoms. The Balaban J connectivity index is 2.31. The minimum Gasteiger partial charge on any atom is -0.386 e. The fraction of sp³-hybridized carbons (Fsp3) is 0.267. The van der Waals surface area contributed by atoms with Crippen LogP contribution in [0.1, 0.15) is 25.0 Å². The summed E-state index contributed by atoms with van der Waals surface area (Å²) in [5.41, 5.74) is 0.909. The maximum atomic E-state index is 14.1. The second-order valence-corrected chi connectivity index (χ2v) is 7.35. The lowest BCUT2D eigenvalue weighted by molar-refractivity contribution is 0.0785. The third kappa shape index (κ3) is 2.80. The molecule has 0 aliphatic carbocycles. The van der Waals surface area contributed by atoms with E-state index in [1.54, 1.807) is 13.8 Å². The molecule has 120 valence electrons. The molecular formula is C15H12Cl2FN3OS. The number of fused-ring (bicyclic) bond motifs is 1. The van der Waals surface area contributed by atoms with Gasteiger partial charge in [-0.05, 0) is 37.9 Å². The molecule has 0 bridgehead atoms. The highest BCUT2D eigenvalue weighted by Gasteiger charge is 2.25. The van der Waals surface area contributed by atoms with Crippen LogP contribution in [0.25, 0.3) is 20.8 Å². The molecule has 3 heterocycles. The van der Waals surface area contributed by atoms with Gasteiger partial charge in [0.25, 0.3) is 0 Å². The van der Waals surface area contributed by atoms with Gasteiger partial charge in [-0.2, -0.15) is 0 Å². The summed E-state index contributed by atoms with van der Waals surface area (Å²) >= 11 is 13.5. The van der Waals surface area contributed by atoms with Gasteiger partial charge in [-0.1, -0.05) is 11.6 Å². The number of nitrogens with zero attached hydrogens (tertiary/aromatic N) is 3. The van der Waals surface area contributed by atoms with E-state index >= 15 is 0 Å². The zero-order valence-electron chi connectivity index (χ0n) is 12.5. The van der Waals surface area contributed by atoms with Gasteiger partial charge in [-0.15, -0.1) is 11.3 Å². The van der Waals surface area contributed by atoms with Crippen molar-refractivity contribution in [1.82, 2.24) is 15.0 Å². The Morgan fingerprint density at radius 1 is 1.22 bits per heavy atom. The minimum atomic E-state index is -1.13. The predicted octanol–water partition coefficient (Wildman–Crippen LogP) is 4.74. The summed E-state index contributed by atoms with van der Waals surface area (Å²) in [5, 5.41) is 10.6. The Morgan fingerprint density at radius 2 is 1.91 bits per heavy atom. The highest BCUT2D eigenvalue weighted by Crippen LogP contribution is 2.43. The summed E-state index contributed by atoms with van der Waals surface area (Å²) in [5.74, 6) is -0.567. The van der Waals surface area contributed by atoms with Crippen LogP contribution in [-0.2, 0) is 5.60 Å². The summed E-state index contributed by atoms with van der Waals surface area (Å²) in [6.45, 7) is 5.08. The monoisotopic (exact) mass is 371 g/mol. The van der Waals surface area contributed by atoms with Crippen molar-refractivity contribution >= 4 is 44.8 Å². The molecule has 0 amide bonds. The van der Waals surface area contributed by atoms with E-state index in [-0.39, 0.29) is 11.0 Å². The summed E-state index contributed by atoms with van der Waals surface area (Å²) in [7, 11) is 0. The van der Waals surface area contributed by atoms with Crippen LogP contribution in [0.5, 0.6) is 0 Å². The largest absolute Gasteiger partial charge is 0.386 e. The highest BCUT2D eigenvalue weighted by atomic mass is 35.5. The topological polar surface area (TPSA) is 58.9 Å². The van der Waals surface area contributed by atoms with Crippen molar-refractivity contribution in [1.29, 1.82) is 0 Å². The van der Waals surface area contributed by atoms with Gasteiger partial charge >= 0.3 is 0 Å². The van der Waals surface area contributed by atoms with Crippen LogP contribution in [0.4, 0.5) is 4.39 Å². The minimum absolute atomic E-state index is 0.0329. The number of thiophene rings is 1. The van der Waals surface area contributed by atoms with Crippen LogP contribution in [0.15, 0.2) is 12.4 Å². The van der Waals surface area contributed by atoms with Gasteiger partial charge in [0.1, 0.15) is 5.69 Å². The average molecular weight is 372 g/mol. The van der Waals surface area contributed by atoms with Crippen molar-refractivity contribution in [3.8, 4) is 10.6 Å². The second-order valence-electron chi connectivity index (χ2n) is 5.61. The molecule has 0 atom stereocenters. The van der Waals surface area contributed by atoms with E-state index in [0.29, 0.717) is 25.7 Å². The molecule has 4 nitrogen and oxygen atoms in total. The molecule has 8 heteroatoms. The quantitative estimate of drug-likeness (QED) is 0.661. The van der Waals surface area contributed by atoms with Crippen LogP contribution in [0.3, 0.4) is 0 Å². The number of hydrogen-bond donors (Lipinski definition) is 1. The van der Waals surface area contributed by atoms with Crippen molar-refractivity contribution in [3.63, 3.8) is 0 Å². The van der Waals surface area contributed by atoms with Gasteiger partial charge in [0.15, 0.2) is 5.82 Å². The number of pyridine rings is 1. The van der Waals surface area contributed by atoms with Gasteiger partial charge in [0.05, 0.1) is 31.9 Å². The molecule has 3 aromatic rings. The Kier molecular flexibility index (Phi) is 4.04. The van der Waals surface area contributed by atoms with Gasteiger partial charge < -0.3 is 5.11 Å². The second kappa shape index (κ2) is 5.63. The fourth-order valence-electron chi connectivity index (χ4n) is 2.27. The molecule has 0 unspecified atom stereocenters. The fourth-order valence-corrected chi connectivity index (χ4v) is 4.09. The molecule has 3 aromatic heterocycles. The van der Waals surface area contributed by atoms with Crippen LogP contribution >= 0.6 is 34.5 Å². The third-order valence-electron chi connectivity index (χ3n) is 3.46.